The van der Waals surface area contributed by atoms with Gasteiger partial charge in [-0.05, 0) is 42.2 Å². The molecule has 136 valence electrons. The fraction of sp³-hybridized carbons (Fsp3) is 0.300. The van der Waals surface area contributed by atoms with Crippen molar-refractivity contribution in [2.24, 2.45) is 0 Å². The number of nitrogens with zero attached hydrogens (tertiary/aromatic N) is 2. The van der Waals surface area contributed by atoms with Gasteiger partial charge in [0.1, 0.15) is 6.54 Å². The van der Waals surface area contributed by atoms with Crippen LogP contribution in [-0.4, -0.2) is 36.3 Å². The monoisotopic (exact) mass is 390 g/mol. The smallest absolute Gasteiger partial charge is 0.246 e. The molecule has 2 aromatic carbocycles. The minimum Gasteiger partial charge on any atom is -0.333 e. The third-order valence-corrected chi connectivity index (χ3v) is 5.21. The average Bonchev–Trinajstić information content (AvgIpc) is 3.03. The Hall–Kier alpha value is -2.04. The lowest BCUT2D eigenvalue weighted by molar-refractivity contribution is -0.133. The van der Waals surface area contributed by atoms with Gasteiger partial charge in [0.05, 0.1) is 0 Å². The Bertz CT molecular complexity index is 838. The predicted octanol–water partition coefficient (Wildman–Crippen LogP) is 3.97. The van der Waals surface area contributed by atoms with E-state index in [0.29, 0.717) is 29.6 Å². The van der Waals surface area contributed by atoms with Crippen LogP contribution in [0.1, 0.15) is 18.1 Å². The van der Waals surface area contributed by atoms with Gasteiger partial charge in [0.25, 0.3) is 0 Å². The first-order chi connectivity index (χ1) is 12.5. The number of hydrogen-bond acceptors (Lipinski definition) is 2. The standard InChI is InChI=1S/C20H20Cl2N2O2/c1-14(25)23(10-8-15-6-7-17(21)12-18(15)22)13-20(26)24-11-9-16-4-2-3-5-19(16)24/h2-7,12H,8-11,13H2,1H3. The van der Waals surface area contributed by atoms with Crippen molar-refractivity contribution in [2.45, 2.75) is 19.8 Å². The maximum atomic E-state index is 12.7. The number of carbonyl (C=O) groups excluding carboxylic acids is 2. The van der Waals surface area contributed by atoms with Gasteiger partial charge in [-0.25, -0.2) is 0 Å². The molecule has 0 aromatic heterocycles. The van der Waals surface area contributed by atoms with Crippen molar-refractivity contribution in [3.63, 3.8) is 0 Å². The number of anilines is 1. The highest BCUT2D eigenvalue weighted by Crippen LogP contribution is 2.27. The molecular formula is C20H20Cl2N2O2. The molecule has 0 fully saturated rings. The zero-order chi connectivity index (χ0) is 18.7. The molecule has 0 radical (unpaired) electrons. The van der Waals surface area contributed by atoms with Crippen LogP contribution in [0, 0.1) is 0 Å². The number of benzene rings is 2. The molecule has 26 heavy (non-hydrogen) atoms. The Morgan fingerprint density at radius 2 is 1.92 bits per heavy atom. The van der Waals surface area contributed by atoms with Crippen molar-refractivity contribution < 1.29 is 9.59 Å². The predicted molar refractivity (Wildman–Crippen MR) is 105 cm³/mol. The molecule has 0 spiro atoms. The average molecular weight is 391 g/mol. The van der Waals surface area contributed by atoms with E-state index < -0.39 is 0 Å². The van der Waals surface area contributed by atoms with Crippen LogP contribution in [0.2, 0.25) is 10.0 Å². The van der Waals surface area contributed by atoms with Crippen molar-refractivity contribution in [2.75, 3.05) is 24.5 Å². The highest BCUT2D eigenvalue weighted by atomic mass is 35.5. The van der Waals surface area contributed by atoms with Gasteiger partial charge in [-0.3, -0.25) is 9.59 Å². The summed E-state index contributed by atoms with van der Waals surface area (Å²) >= 11 is 12.1. The maximum Gasteiger partial charge on any atom is 0.246 e. The molecule has 6 heteroatoms. The highest BCUT2D eigenvalue weighted by molar-refractivity contribution is 6.35. The molecule has 0 saturated heterocycles. The molecule has 0 bridgehead atoms. The number of hydrogen-bond donors (Lipinski definition) is 0. The van der Waals surface area contributed by atoms with Crippen LogP contribution >= 0.6 is 23.2 Å². The number of halogens is 2. The molecule has 0 N–H and O–H groups in total. The summed E-state index contributed by atoms with van der Waals surface area (Å²) in [4.78, 5) is 28.1. The molecule has 1 aliphatic rings. The van der Waals surface area contributed by atoms with E-state index in [9.17, 15) is 9.59 Å². The lowest BCUT2D eigenvalue weighted by atomic mass is 10.1. The van der Waals surface area contributed by atoms with E-state index in [4.69, 9.17) is 23.2 Å². The Kier molecular flexibility index (Phi) is 5.84. The highest BCUT2D eigenvalue weighted by Gasteiger charge is 2.26. The molecule has 0 unspecified atom stereocenters. The second-order valence-corrected chi connectivity index (χ2v) is 7.19. The second-order valence-electron chi connectivity index (χ2n) is 6.35. The van der Waals surface area contributed by atoms with Crippen LogP contribution in [0.15, 0.2) is 42.5 Å². The minimum absolute atomic E-state index is 0.0626. The molecule has 0 saturated carbocycles. The third-order valence-electron chi connectivity index (χ3n) is 4.63. The summed E-state index contributed by atoms with van der Waals surface area (Å²) in [7, 11) is 0. The molecule has 4 nitrogen and oxygen atoms in total. The largest absolute Gasteiger partial charge is 0.333 e. The van der Waals surface area contributed by atoms with E-state index in [2.05, 4.69) is 0 Å². The Morgan fingerprint density at radius 1 is 1.15 bits per heavy atom. The number of amides is 2. The molecule has 0 aliphatic carbocycles. The first-order valence-electron chi connectivity index (χ1n) is 8.53. The zero-order valence-corrected chi connectivity index (χ0v) is 16.1. The van der Waals surface area contributed by atoms with E-state index >= 15 is 0 Å². The summed E-state index contributed by atoms with van der Waals surface area (Å²) < 4.78 is 0. The molecule has 2 amide bonds. The van der Waals surface area contributed by atoms with Gasteiger partial charge < -0.3 is 9.80 Å². The Morgan fingerprint density at radius 3 is 2.65 bits per heavy atom. The summed E-state index contributed by atoms with van der Waals surface area (Å²) in [5, 5.41) is 1.14. The molecular weight excluding hydrogens is 371 g/mol. The van der Waals surface area contributed by atoms with E-state index in [1.807, 2.05) is 30.3 Å². The van der Waals surface area contributed by atoms with Crippen molar-refractivity contribution in [3.8, 4) is 0 Å². The molecule has 2 aromatic rings. The number of rotatable bonds is 5. The van der Waals surface area contributed by atoms with Crippen molar-refractivity contribution >= 4 is 40.7 Å². The lowest BCUT2D eigenvalue weighted by Gasteiger charge is -2.24. The number of para-hydroxylation sites is 1. The van der Waals surface area contributed by atoms with Crippen LogP contribution in [0.4, 0.5) is 5.69 Å². The second kappa shape index (κ2) is 8.11. The topological polar surface area (TPSA) is 40.6 Å². The molecule has 1 heterocycles. The van der Waals surface area contributed by atoms with Gasteiger partial charge in [-0.1, -0.05) is 47.5 Å². The number of fused-ring (bicyclic) bond motifs is 1. The fourth-order valence-electron chi connectivity index (χ4n) is 3.17. The van der Waals surface area contributed by atoms with Crippen LogP contribution in [0.5, 0.6) is 0 Å². The Labute approximate surface area is 163 Å². The zero-order valence-electron chi connectivity index (χ0n) is 14.5. The van der Waals surface area contributed by atoms with Crippen molar-refractivity contribution in [1.29, 1.82) is 0 Å². The van der Waals surface area contributed by atoms with Crippen LogP contribution < -0.4 is 4.90 Å². The number of carbonyl (C=O) groups is 2. The van der Waals surface area contributed by atoms with E-state index in [-0.39, 0.29) is 18.4 Å². The summed E-state index contributed by atoms with van der Waals surface area (Å²) in [6.45, 7) is 2.63. The quantitative estimate of drug-likeness (QED) is 0.774. The first-order valence-corrected chi connectivity index (χ1v) is 9.29. The summed E-state index contributed by atoms with van der Waals surface area (Å²) in [6.07, 6.45) is 1.42. The van der Waals surface area contributed by atoms with E-state index in [1.54, 1.807) is 21.9 Å². The summed E-state index contributed by atoms with van der Waals surface area (Å²) in [5.41, 5.74) is 3.02. The van der Waals surface area contributed by atoms with Gasteiger partial charge in [-0.2, -0.15) is 0 Å². The third kappa shape index (κ3) is 4.19. The maximum absolute atomic E-state index is 12.7. The van der Waals surface area contributed by atoms with Gasteiger partial charge in [-0.15, -0.1) is 0 Å². The summed E-state index contributed by atoms with van der Waals surface area (Å²) in [5.74, 6) is -0.191. The van der Waals surface area contributed by atoms with Gasteiger partial charge in [0.15, 0.2) is 0 Å². The van der Waals surface area contributed by atoms with Crippen LogP contribution in [-0.2, 0) is 22.4 Å². The van der Waals surface area contributed by atoms with Gasteiger partial charge in [0, 0.05) is 35.7 Å². The molecule has 1 aliphatic heterocycles. The van der Waals surface area contributed by atoms with Gasteiger partial charge in [0.2, 0.25) is 11.8 Å². The minimum atomic E-state index is -0.129. The lowest BCUT2D eigenvalue weighted by Crippen LogP contribution is -2.42. The van der Waals surface area contributed by atoms with Crippen LogP contribution in [0.25, 0.3) is 0 Å². The van der Waals surface area contributed by atoms with E-state index in [1.165, 1.54) is 12.5 Å². The van der Waals surface area contributed by atoms with Gasteiger partial charge >= 0.3 is 0 Å². The van der Waals surface area contributed by atoms with Crippen molar-refractivity contribution in [1.82, 2.24) is 4.90 Å². The first kappa shape index (κ1) is 18.7. The molecule has 3 rings (SSSR count). The normalized spacial score (nSPS) is 12.8. The fourth-order valence-corrected chi connectivity index (χ4v) is 3.68. The molecule has 0 atom stereocenters. The summed E-state index contributed by atoms with van der Waals surface area (Å²) in [6, 6.07) is 13.2. The van der Waals surface area contributed by atoms with E-state index in [0.717, 1.165) is 17.7 Å². The Balaban J connectivity index is 1.65. The SMILES string of the molecule is CC(=O)N(CCc1ccc(Cl)cc1Cl)CC(=O)N1CCc2ccccc21. The van der Waals surface area contributed by atoms with Crippen LogP contribution in [0.3, 0.4) is 0 Å². The van der Waals surface area contributed by atoms with Crippen molar-refractivity contribution in [3.05, 3.63) is 63.6 Å².